The number of benzene rings is 4. The molecule has 4 aromatic carbocycles. The number of amides is 2. The van der Waals surface area contributed by atoms with Gasteiger partial charge in [-0.2, -0.15) is 0 Å². The van der Waals surface area contributed by atoms with E-state index in [4.69, 9.17) is 30.5 Å². The van der Waals surface area contributed by atoms with Gasteiger partial charge in [0.25, 0.3) is 0 Å². The van der Waals surface area contributed by atoms with Crippen LogP contribution in [-0.2, 0) is 33.9 Å². The van der Waals surface area contributed by atoms with Crippen LogP contribution < -0.4 is 20.1 Å². The highest BCUT2D eigenvalue weighted by molar-refractivity contribution is 6.31. The Morgan fingerprint density at radius 2 is 1.38 bits per heavy atom. The van der Waals surface area contributed by atoms with E-state index < -0.39 is 24.2 Å². The maximum Gasteiger partial charge on any atom is 0.514 e. The van der Waals surface area contributed by atoms with Crippen molar-refractivity contribution in [1.29, 1.82) is 0 Å². The first kappa shape index (κ1) is 30.0. The highest BCUT2D eigenvalue weighted by atomic mass is 35.5. The Balaban J connectivity index is 1.41. The summed E-state index contributed by atoms with van der Waals surface area (Å²) < 4.78 is 21.0. The van der Waals surface area contributed by atoms with Gasteiger partial charge in [-0.05, 0) is 47.0 Å². The number of carbonyl (C=O) groups is 3. The van der Waals surface area contributed by atoms with Crippen molar-refractivity contribution in [2.24, 2.45) is 0 Å². The van der Waals surface area contributed by atoms with E-state index in [0.717, 1.165) is 11.1 Å². The van der Waals surface area contributed by atoms with E-state index >= 15 is 0 Å². The summed E-state index contributed by atoms with van der Waals surface area (Å²) in [5.41, 5.74) is 2.66. The monoisotopic (exact) mass is 588 g/mol. The fourth-order valence-electron chi connectivity index (χ4n) is 3.89. The molecule has 4 aromatic rings. The average Bonchev–Trinajstić information content (AvgIpc) is 3.01. The van der Waals surface area contributed by atoms with Gasteiger partial charge >= 0.3 is 12.2 Å². The summed E-state index contributed by atoms with van der Waals surface area (Å²) in [5.74, 6) is 0.146. The van der Waals surface area contributed by atoms with Crippen LogP contribution in [0.25, 0.3) is 0 Å². The standard InChI is InChI=1S/C32H29ClN2O7/c1-39-29-17-14-25(33)19-27(29)34-30(36)28(35-31(37)40-20-23-8-4-2-5-9-23)18-22-12-15-26(16-13-22)42-32(38)41-21-24-10-6-3-7-11-24/h2-17,19,28H,18,20-21H2,1H3,(H,34,36)(H,35,37)/t28-/m0/s1. The van der Waals surface area contributed by atoms with Crippen LogP contribution in [0.2, 0.25) is 5.02 Å². The second kappa shape index (κ2) is 15.1. The Bertz CT molecular complexity index is 1480. The summed E-state index contributed by atoms with van der Waals surface area (Å²) >= 11 is 6.11. The third-order valence-corrected chi connectivity index (χ3v) is 6.24. The van der Waals surface area contributed by atoms with Crippen LogP contribution in [-0.4, -0.2) is 31.3 Å². The number of carbonyl (C=O) groups excluding carboxylic acids is 3. The van der Waals surface area contributed by atoms with Crippen LogP contribution in [0.5, 0.6) is 11.5 Å². The van der Waals surface area contributed by atoms with Crippen molar-refractivity contribution in [3.8, 4) is 11.5 Å². The second-order valence-electron chi connectivity index (χ2n) is 9.07. The molecule has 0 aliphatic rings. The lowest BCUT2D eigenvalue weighted by Gasteiger charge is -2.20. The topological polar surface area (TPSA) is 112 Å². The largest absolute Gasteiger partial charge is 0.514 e. The normalized spacial score (nSPS) is 11.1. The third kappa shape index (κ3) is 9.28. The molecule has 1 atom stereocenters. The highest BCUT2D eigenvalue weighted by Crippen LogP contribution is 2.28. The van der Waals surface area contributed by atoms with Crippen molar-refractivity contribution in [3.63, 3.8) is 0 Å². The number of hydrogen-bond donors (Lipinski definition) is 2. The van der Waals surface area contributed by atoms with Crippen LogP contribution in [0.3, 0.4) is 0 Å². The number of halogens is 1. The van der Waals surface area contributed by atoms with E-state index in [2.05, 4.69) is 10.6 Å². The first-order chi connectivity index (χ1) is 20.4. The summed E-state index contributed by atoms with van der Waals surface area (Å²) in [6.45, 7) is 0.119. The van der Waals surface area contributed by atoms with Gasteiger partial charge in [0, 0.05) is 11.4 Å². The molecule has 216 valence electrons. The van der Waals surface area contributed by atoms with Gasteiger partial charge in [0.1, 0.15) is 30.8 Å². The molecule has 0 aromatic heterocycles. The number of rotatable bonds is 11. The smallest absolute Gasteiger partial charge is 0.495 e. The van der Waals surface area contributed by atoms with Crippen LogP contribution in [0.1, 0.15) is 16.7 Å². The quantitative estimate of drug-likeness (QED) is 0.151. The van der Waals surface area contributed by atoms with Gasteiger partial charge < -0.3 is 29.6 Å². The minimum Gasteiger partial charge on any atom is -0.495 e. The van der Waals surface area contributed by atoms with Crippen LogP contribution >= 0.6 is 11.6 Å². The van der Waals surface area contributed by atoms with Gasteiger partial charge in [0.05, 0.1) is 12.8 Å². The Morgan fingerprint density at radius 3 is 2.00 bits per heavy atom. The Hall–Kier alpha value is -5.02. The van der Waals surface area contributed by atoms with Crippen molar-refractivity contribution in [1.82, 2.24) is 5.32 Å². The average molecular weight is 589 g/mol. The molecule has 0 radical (unpaired) electrons. The van der Waals surface area contributed by atoms with E-state index in [-0.39, 0.29) is 25.4 Å². The van der Waals surface area contributed by atoms with Crippen molar-refractivity contribution in [2.45, 2.75) is 25.7 Å². The SMILES string of the molecule is COc1ccc(Cl)cc1NC(=O)[C@H](Cc1ccc(OC(=O)OCc2ccccc2)cc1)NC(=O)OCc1ccccc1. The third-order valence-electron chi connectivity index (χ3n) is 6.00. The first-order valence-electron chi connectivity index (χ1n) is 13.0. The molecule has 0 aliphatic heterocycles. The van der Waals surface area contributed by atoms with Gasteiger partial charge in [-0.1, -0.05) is 84.4 Å². The van der Waals surface area contributed by atoms with Crippen molar-refractivity contribution in [3.05, 3.63) is 125 Å². The summed E-state index contributed by atoms with van der Waals surface area (Å²) in [5, 5.41) is 5.80. The minimum absolute atomic E-state index is 0.0372. The van der Waals surface area contributed by atoms with E-state index in [9.17, 15) is 14.4 Å². The Labute approximate surface area is 248 Å². The molecule has 0 heterocycles. The van der Waals surface area contributed by atoms with Crippen LogP contribution in [0.15, 0.2) is 103 Å². The van der Waals surface area contributed by atoms with Crippen LogP contribution in [0.4, 0.5) is 15.3 Å². The molecule has 0 saturated carbocycles. The van der Waals surface area contributed by atoms with Crippen molar-refractivity contribution < 1.29 is 33.3 Å². The Kier molecular flexibility index (Phi) is 10.8. The lowest BCUT2D eigenvalue weighted by molar-refractivity contribution is -0.118. The van der Waals surface area contributed by atoms with E-state index in [0.29, 0.717) is 22.0 Å². The number of alkyl carbamates (subject to hydrolysis) is 1. The maximum absolute atomic E-state index is 13.3. The van der Waals surface area contributed by atoms with E-state index in [1.807, 2.05) is 60.7 Å². The van der Waals surface area contributed by atoms with E-state index in [1.165, 1.54) is 7.11 Å². The fraction of sp³-hybridized carbons (Fsp3) is 0.156. The molecule has 2 N–H and O–H groups in total. The molecule has 0 saturated heterocycles. The molecule has 0 fully saturated rings. The van der Waals surface area contributed by atoms with Gasteiger partial charge in [0.15, 0.2) is 0 Å². The maximum atomic E-state index is 13.3. The summed E-state index contributed by atoms with van der Waals surface area (Å²) in [6, 6.07) is 28.7. The number of methoxy groups -OCH3 is 1. The van der Waals surface area contributed by atoms with Gasteiger partial charge in [-0.15, -0.1) is 0 Å². The lowest BCUT2D eigenvalue weighted by Crippen LogP contribution is -2.45. The zero-order chi connectivity index (χ0) is 29.7. The molecule has 10 heteroatoms. The zero-order valence-electron chi connectivity index (χ0n) is 22.7. The van der Waals surface area contributed by atoms with Gasteiger partial charge in [-0.25, -0.2) is 9.59 Å². The molecule has 9 nitrogen and oxygen atoms in total. The molecule has 0 bridgehead atoms. The fourth-order valence-corrected chi connectivity index (χ4v) is 4.06. The van der Waals surface area contributed by atoms with Gasteiger partial charge in [0.2, 0.25) is 5.91 Å². The number of anilines is 1. The first-order valence-corrected chi connectivity index (χ1v) is 13.4. The summed E-state index contributed by atoms with van der Waals surface area (Å²) in [4.78, 5) is 38.1. The molecule has 0 unspecified atom stereocenters. The summed E-state index contributed by atoms with van der Waals surface area (Å²) in [6.07, 6.45) is -1.51. The predicted molar refractivity (Wildman–Crippen MR) is 158 cm³/mol. The Morgan fingerprint density at radius 1 is 0.762 bits per heavy atom. The second-order valence-corrected chi connectivity index (χ2v) is 9.50. The zero-order valence-corrected chi connectivity index (χ0v) is 23.5. The predicted octanol–water partition coefficient (Wildman–Crippen LogP) is 6.54. The molecular formula is C32H29ClN2O7. The number of hydrogen-bond acceptors (Lipinski definition) is 7. The lowest BCUT2D eigenvalue weighted by atomic mass is 10.0. The van der Waals surface area contributed by atoms with Crippen LogP contribution in [0, 0.1) is 0 Å². The molecule has 4 rings (SSSR count). The molecule has 42 heavy (non-hydrogen) atoms. The molecule has 0 spiro atoms. The van der Waals surface area contributed by atoms with Crippen molar-refractivity contribution >= 4 is 35.4 Å². The molecular weight excluding hydrogens is 560 g/mol. The van der Waals surface area contributed by atoms with E-state index in [1.54, 1.807) is 42.5 Å². The highest BCUT2D eigenvalue weighted by Gasteiger charge is 2.24. The minimum atomic E-state index is -1.03. The van der Waals surface area contributed by atoms with Gasteiger partial charge in [-0.3, -0.25) is 4.79 Å². The molecule has 2 amide bonds. The molecule has 0 aliphatic carbocycles. The summed E-state index contributed by atoms with van der Waals surface area (Å²) in [7, 11) is 1.47. The number of nitrogens with one attached hydrogen (secondary N) is 2. The van der Waals surface area contributed by atoms with Crippen molar-refractivity contribution in [2.75, 3.05) is 12.4 Å². The number of ether oxygens (including phenoxy) is 4.